The molecule has 0 amide bonds. The molecule has 0 aliphatic heterocycles. The fourth-order valence-corrected chi connectivity index (χ4v) is 2.53. The molecule has 1 aromatic rings. The summed E-state index contributed by atoms with van der Waals surface area (Å²) in [5.74, 6) is 0.641. The predicted molar refractivity (Wildman–Crippen MR) is 71.1 cm³/mol. The predicted octanol–water partition coefficient (Wildman–Crippen LogP) is 3.43. The van der Waals surface area contributed by atoms with Gasteiger partial charge in [0.05, 0.1) is 10.7 Å². The van der Waals surface area contributed by atoms with Crippen molar-refractivity contribution in [1.82, 2.24) is 0 Å². The second-order valence-electron chi connectivity index (χ2n) is 2.78. The Balaban J connectivity index is 2.75. The van der Waals surface area contributed by atoms with Crippen LogP contribution in [-0.2, 0) is 11.0 Å². The van der Waals surface area contributed by atoms with Crippen molar-refractivity contribution >= 4 is 50.9 Å². The van der Waals surface area contributed by atoms with Gasteiger partial charge in [0.2, 0.25) is 0 Å². The van der Waals surface area contributed by atoms with Crippen LogP contribution in [0.5, 0.6) is 0 Å². The minimum Gasteiger partial charge on any atom is -0.304 e. The molecule has 1 atom stereocenters. The van der Waals surface area contributed by atoms with E-state index in [-0.39, 0.29) is 0 Å². The highest BCUT2D eigenvalue weighted by molar-refractivity contribution is 14.1. The SMILES string of the molecule is CCCS(=O)Nc1cc(I)ccc1Cl. The number of halogens is 2. The molecule has 1 aromatic carbocycles. The van der Waals surface area contributed by atoms with Crippen molar-refractivity contribution in [3.05, 3.63) is 26.8 Å². The summed E-state index contributed by atoms with van der Waals surface area (Å²) in [6, 6.07) is 5.60. The summed E-state index contributed by atoms with van der Waals surface area (Å²) in [5.41, 5.74) is 0.741. The minimum atomic E-state index is -1.03. The first kappa shape index (κ1) is 12.3. The smallest absolute Gasteiger partial charge is 0.117 e. The van der Waals surface area contributed by atoms with Gasteiger partial charge in [0.15, 0.2) is 0 Å². The lowest BCUT2D eigenvalue weighted by molar-refractivity contribution is 0.685. The summed E-state index contributed by atoms with van der Waals surface area (Å²) >= 11 is 8.13. The Morgan fingerprint density at radius 1 is 1.57 bits per heavy atom. The molecule has 0 saturated heterocycles. The molecule has 14 heavy (non-hydrogen) atoms. The van der Waals surface area contributed by atoms with Crippen molar-refractivity contribution < 1.29 is 4.21 Å². The summed E-state index contributed by atoms with van der Waals surface area (Å²) in [6.07, 6.45) is 0.890. The van der Waals surface area contributed by atoms with Crippen LogP contribution in [0.15, 0.2) is 18.2 Å². The molecular formula is C9H11ClINOS. The molecule has 0 saturated carbocycles. The Labute approximate surface area is 105 Å². The highest BCUT2D eigenvalue weighted by Gasteiger charge is 2.03. The fraction of sp³-hybridized carbons (Fsp3) is 0.333. The average molecular weight is 344 g/mol. The zero-order valence-electron chi connectivity index (χ0n) is 7.72. The van der Waals surface area contributed by atoms with Gasteiger partial charge in [0.25, 0.3) is 0 Å². The van der Waals surface area contributed by atoms with Gasteiger partial charge in [-0.3, -0.25) is 0 Å². The highest BCUT2D eigenvalue weighted by Crippen LogP contribution is 2.24. The largest absolute Gasteiger partial charge is 0.304 e. The molecule has 1 rings (SSSR count). The molecule has 0 aromatic heterocycles. The standard InChI is InChI=1S/C9H11ClINOS/c1-2-5-14(13)12-9-6-7(11)3-4-8(9)10/h3-4,6,12H,2,5H2,1H3. The lowest BCUT2D eigenvalue weighted by Gasteiger charge is -2.07. The Kier molecular flexibility index (Phi) is 5.19. The van der Waals surface area contributed by atoms with Crippen LogP contribution in [0.4, 0.5) is 5.69 Å². The quantitative estimate of drug-likeness (QED) is 0.834. The summed E-state index contributed by atoms with van der Waals surface area (Å²) in [7, 11) is -1.03. The maximum Gasteiger partial charge on any atom is 0.117 e. The van der Waals surface area contributed by atoms with Crippen molar-refractivity contribution in [3.8, 4) is 0 Å². The minimum absolute atomic E-state index is 0.606. The third-order valence-electron chi connectivity index (χ3n) is 1.54. The van der Waals surface area contributed by atoms with E-state index in [1.54, 1.807) is 6.07 Å². The number of rotatable bonds is 4. The molecule has 0 fully saturated rings. The van der Waals surface area contributed by atoms with Crippen LogP contribution in [0.1, 0.15) is 13.3 Å². The topological polar surface area (TPSA) is 29.1 Å². The van der Waals surface area contributed by atoms with E-state index in [4.69, 9.17) is 11.6 Å². The molecule has 2 nitrogen and oxygen atoms in total. The van der Waals surface area contributed by atoms with Crippen LogP contribution >= 0.6 is 34.2 Å². The fourth-order valence-electron chi connectivity index (χ4n) is 0.935. The Bertz CT molecular complexity index is 346. The van der Waals surface area contributed by atoms with E-state index in [2.05, 4.69) is 27.3 Å². The van der Waals surface area contributed by atoms with Gasteiger partial charge in [0.1, 0.15) is 11.0 Å². The maximum atomic E-state index is 11.4. The summed E-state index contributed by atoms with van der Waals surface area (Å²) in [6.45, 7) is 2.00. The van der Waals surface area contributed by atoms with Gasteiger partial charge in [-0.1, -0.05) is 18.5 Å². The van der Waals surface area contributed by atoms with Crippen molar-refractivity contribution in [3.63, 3.8) is 0 Å². The molecule has 78 valence electrons. The van der Waals surface area contributed by atoms with E-state index in [0.717, 1.165) is 15.7 Å². The highest BCUT2D eigenvalue weighted by atomic mass is 127. The molecular weight excluding hydrogens is 333 g/mol. The van der Waals surface area contributed by atoms with E-state index in [9.17, 15) is 4.21 Å². The number of hydrogen-bond acceptors (Lipinski definition) is 1. The Hall–Kier alpha value is 0.190. The second kappa shape index (κ2) is 5.92. The van der Waals surface area contributed by atoms with E-state index in [0.29, 0.717) is 10.8 Å². The number of nitrogens with one attached hydrogen (secondary N) is 1. The second-order valence-corrected chi connectivity index (χ2v) is 5.73. The van der Waals surface area contributed by atoms with Crippen molar-refractivity contribution in [2.45, 2.75) is 13.3 Å². The zero-order chi connectivity index (χ0) is 10.6. The van der Waals surface area contributed by atoms with Crippen molar-refractivity contribution in [1.29, 1.82) is 0 Å². The van der Waals surface area contributed by atoms with Crippen LogP contribution in [0.25, 0.3) is 0 Å². The first-order chi connectivity index (χ1) is 6.63. The van der Waals surface area contributed by atoms with E-state index >= 15 is 0 Å². The Morgan fingerprint density at radius 2 is 2.29 bits per heavy atom. The van der Waals surface area contributed by atoms with Crippen LogP contribution in [-0.4, -0.2) is 9.96 Å². The number of benzene rings is 1. The van der Waals surface area contributed by atoms with Gasteiger partial charge in [-0.25, -0.2) is 4.21 Å². The van der Waals surface area contributed by atoms with Gasteiger partial charge in [-0.05, 0) is 47.2 Å². The molecule has 0 aliphatic carbocycles. The third kappa shape index (κ3) is 3.74. The summed E-state index contributed by atoms with van der Waals surface area (Å²) in [4.78, 5) is 0. The van der Waals surface area contributed by atoms with Gasteiger partial charge in [-0.2, -0.15) is 0 Å². The molecule has 1 unspecified atom stereocenters. The molecule has 5 heteroatoms. The molecule has 0 spiro atoms. The first-order valence-corrected chi connectivity index (χ1v) is 7.01. The third-order valence-corrected chi connectivity index (χ3v) is 3.77. The molecule has 0 bridgehead atoms. The van der Waals surface area contributed by atoms with Crippen LogP contribution in [0.2, 0.25) is 5.02 Å². The van der Waals surface area contributed by atoms with Crippen LogP contribution < -0.4 is 4.72 Å². The molecule has 0 radical (unpaired) electrons. The summed E-state index contributed by atoms with van der Waals surface area (Å²) < 4.78 is 15.4. The number of anilines is 1. The van der Waals surface area contributed by atoms with Gasteiger partial charge in [-0.15, -0.1) is 0 Å². The van der Waals surface area contributed by atoms with Crippen molar-refractivity contribution in [2.75, 3.05) is 10.5 Å². The number of hydrogen-bond donors (Lipinski definition) is 1. The average Bonchev–Trinajstić information content (AvgIpc) is 2.12. The zero-order valence-corrected chi connectivity index (χ0v) is 11.4. The lowest BCUT2D eigenvalue weighted by Crippen LogP contribution is -2.08. The lowest BCUT2D eigenvalue weighted by atomic mass is 10.3. The van der Waals surface area contributed by atoms with Crippen molar-refractivity contribution in [2.24, 2.45) is 0 Å². The van der Waals surface area contributed by atoms with E-state index in [1.807, 2.05) is 19.1 Å². The monoisotopic (exact) mass is 343 g/mol. The van der Waals surface area contributed by atoms with E-state index < -0.39 is 11.0 Å². The van der Waals surface area contributed by atoms with Crippen LogP contribution in [0.3, 0.4) is 0 Å². The normalized spacial score (nSPS) is 12.5. The summed E-state index contributed by atoms with van der Waals surface area (Å²) in [5, 5.41) is 0.606. The molecule has 0 aliphatic rings. The first-order valence-electron chi connectivity index (χ1n) is 4.23. The van der Waals surface area contributed by atoms with E-state index in [1.165, 1.54) is 0 Å². The molecule has 1 N–H and O–H groups in total. The van der Waals surface area contributed by atoms with Crippen LogP contribution in [0, 0.1) is 3.57 Å². The molecule has 0 heterocycles. The maximum absolute atomic E-state index is 11.4. The van der Waals surface area contributed by atoms with Gasteiger partial charge in [0, 0.05) is 9.32 Å². The Morgan fingerprint density at radius 3 is 2.93 bits per heavy atom. The van der Waals surface area contributed by atoms with Gasteiger partial charge < -0.3 is 4.72 Å². The van der Waals surface area contributed by atoms with Gasteiger partial charge >= 0.3 is 0 Å².